The van der Waals surface area contributed by atoms with E-state index in [9.17, 15) is 18.0 Å². The van der Waals surface area contributed by atoms with E-state index >= 15 is 0 Å². The number of carbonyl (C=O) groups excluding carboxylic acids is 1. The van der Waals surface area contributed by atoms with E-state index in [1.165, 1.54) is 12.1 Å². The highest BCUT2D eigenvalue weighted by molar-refractivity contribution is 5.92. The molecule has 0 aliphatic rings. The lowest BCUT2D eigenvalue weighted by Crippen LogP contribution is -2.12. The van der Waals surface area contributed by atoms with Gasteiger partial charge in [-0.05, 0) is 42.2 Å². The van der Waals surface area contributed by atoms with Crippen molar-refractivity contribution in [3.8, 4) is 22.9 Å². The number of benzene rings is 3. The molecule has 0 spiro atoms. The summed E-state index contributed by atoms with van der Waals surface area (Å²) in [5.41, 5.74) is 0.783. The van der Waals surface area contributed by atoms with Gasteiger partial charge < -0.3 is 4.74 Å². The predicted molar refractivity (Wildman–Crippen MR) is 106 cm³/mol. The number of halogens is 3. The summed E-state index contributed by atoms with van der Waals surface area (Å²) in [4.78, 5) is 12.2. The van der Waals surface area contributed by atoms with Gasteiger partial charge in [0.1, 0.15) is 17.6 Å². The van der Waals surface area contributed by atoms with E-state index in [2.05, 4.69) is 6.92 Å². The lowest BCUT2D eigenvalue weighted by Gasteiger charge is -2.10. The second kappa shape index (κ2) is 9.27. The average molecular weight is 409 g/mol. The van der Waals surface area contributed by atoms with Crippen LogP contribution in [0.5, 0.6) is 5.75 Å². The predicted octanol–water partition coefficient (Wildman–Crippen LogP) is 6.20. The van der Waals surface area contributed by atoms with Crippen molar-refractivity contribution in [2.45, 2.75) is 26.2 Å². The molecule has 0 atom stereocenters. The van der Waals surface area contributed by atoms with Crippen molar-refractivity contribution in [3.63, 3.8) is 0 Å². The third-order valence-corrected chi connectivity index (χ3v) is 4.66. The molecule has 0 aliphatic heterocycles. The van der Waals surface area contributed by atoms with Crippen LogP contribution in [0.4, 0.5) is 13.2 Å². The van der Waals surface area contributed by atoms with Gasteiger partial charge in [0.25, 0.3) is 0 Å². The smallest absolute Gasteiger partial charge is 0.346 e. The maximum atomic E-state index is 14.6. The van der Waals surface area contributed by atoms with Crippen LogP contribution in [0.25, 0.3) is 11.1 Å². The molecule has 0 N–H and O–H groups in total. The zero-order valence-electron chi connectivity index (χ0n) is 16.2. The molecule has 30 heavy (non-hydrogen) atoms. The SMILES string of the molecule is CCCCc1ccc(-c2ccc(C(=O)Oc3ccc(C#N)c(F)c3)c(F)c2F)cc1. The first-order valence-corrected chi connectivity index (χ1v) is 9.43. The molecule has 3 aromatic carbocycles. The Morgan fingerprint density at radius 2 is 1.73 bits per heavy atom. The van der Waals surface area contributed by atoms with E-state index in [1.54, 1.807) is 18.2 Å². The zero-order chi connectivity index (χ0) is 21.7. The summed E-state index contributed by atoms with van der Waals surface area (Å²) in [5, 5.41) is 8.72. The lowest BCUT2D eigenvalue weighted by atomic mass is 10.00. The number of esters is 1. The number of hydrogen-bond donors (Lipinski definition) is 0. The third kappa shape index (κ3) is 4.52. The number of nitrogens with zero attached hydrogens (tertiary/aromatic N) is 1. The van der Waals surface area contributed by atoms with Crippen LogP contribution in [0.1, 0.15) is 41.3 Å². The first kappa shape index (κ1) is 21.1. The fourth-order valence-corrected chi connectivity index (χ4v) is 2.97. The molecular formula is C24H18F3NO2. The van der Waals surface area contributed by atoms with Gasteiger partial charge >= 0.3 is 5.97 Å². The number of unbranched alkanes of at least 4 members (excludes halogenated alkanes) is 1. The van der Waals surface area contributed by atoms with Crippen molar-refractivity contribution in [1.82, 2.24) is 0 Å². The molecule has 0 heterocycles. The van der Waals surface area contributed by atoms with Gasteiger partial charge in [0.15, 0.2) is 11.6 Å². The van der Waals surface area contributed by atoms with Crippen molar-refractivity contribution in [2.75, 3.05) is 0 Å². The quantitative estimate of drug-likeness (QED) is 0.360. The lowest BCUT2D eigenvalue weighted by molar-refractivity contribution is 0.0728. The number of rotatable bonds is 6. The molecule has 0 aliphatic carbocycles. The Bertz CT molecular complexity index is 1120. The Hall–Kier alpha value is -3.59. The summed E-state index contributed by atoms with van der Waals surface area (Å²) in [5.74, 6) is -4.79. The van der Waals surface area contributed by atoms with Gasteiger partial charge in [0, 0.05) is 11.6 Å². The van der Waals surface area contributed by atoms with Crippen LogP contribution in [0.2, 0.25) is 0 Å². The van der Waals surface area contributed by atoms with Crippen LogP contribution < -0.4 is 4.74 Å². The number of ether oxygens (including phenoxy) is 1. The van der Waals surface area contributed by atoms with E-state index in [1.807, 2.05) is 12.1 Å². The normalized spacial score (nSPS) is 10.5. The van der Waals surface area contributed by atoms with Crippen LogP contribution in [-0.4, -0.2) is 5.97 Å². The highest BCUT2D eigenvalue weighted by Crippen LogP contribution is 2.28. The van der Waals surface area contributed by atoms with Crippen LogP contribution in [0.15, 0.2) is 54.6 Å². The van der Waals surface area contributed by atoms with Crippen LogP contribution >= 0.6 is 0 Å². The maximum absolute atomic E-state index is 14.6. The molecule has 0 amide bonds. The Labute approximate surface area is 172 Å². The van der Waals surface area contributed by atoms with E-state index < -0.39 is 29.0 Å². The Morgan fingerprint density at radius 3 is 2.37 bits per heavy atom. The summed E-state index contributed by atoms with van der Waals surface area (Å²) in [6, 6.07) is 14.4. The van der Waals surface area contributed by atoms with Crippen molar-refractivity contribution in [1.29, 1.82) is 5.26 Å². The molecule has 3 nitrogen and oxygen atoms in total. The first-order valence-electron chi connectivity index (χ1n) is 9.43. The minimum atomic E-state index is -1.35. The molecule has 152 valence electrons. The number of aryl methyl sites for hydroxylation is 1. The molecule has 3 rings (SSSR count). The summed E-state index contributed by atoms with van der Waals surface area (Å²) in [6.07, 6.45) is 3.02. The number of hydrogen-bond acceptors (Lipinski definition) is 3. The van der Waals surface area contributed by atoms with Gasteiger partial charge in [-0.3, -0.25) is 0 Å². The van der Waals surface area contributed by atoms with Crippen LogP contribution in [0, 0.1) is 28.8 Å². The first-order chi connectivity index (χ1) is 14.4. The Kier molecular flexibility index (Phi) is 6.53. The highest BCUT2D eigenvalue weighted by Gasteiger charge is 2.21. The van der Waals surface area contributed by atoms with Gasteiger partial charge in [-0.15, -0.1) is 0 Å². The van der Waals surface area contributed by atoms with Gasteiger partial charge in [-0.25, -0.2) is 18.0 Å². The topological polar surface area (TPSA) is 50.1 Å². The molecular weight excluding hydrogens is 391 g/mol. The van der Waals surface area contributed by atoms with E-state index in [0.29, 0.717) is 5.56 Å². The van der Waals surface area contributed by atoms with Gasteiger partial charge in [0.2, 0.25) is 0 Å². The van der Waals surface area contributed by atoms with E-state index in [-0.39, 0.29) is 16.9 Å². The number of carbonyl (C=O) groups is 1. The molecule has 0 saturated carbocycles. The molecule has 0 aromatic heterocycles. The van der Waals surface area contributed by atoms with Crippen molar-refractivity contribution >= 4 is 5.97 Å². The monoisotopic (exact) mass is 409 g/mol. The molecule has 6 heteroatoms. The maximum Gasteiger partial charge on any atom is 0.346 e. The zero-order valence-corrected chi connectivity index (χ0v) is 16.2. The second-order valence-corrected chi connectivity index (χ2v) is 6.73. The summed E-state index contributed by atoms with van der Waals surface area (Å²) in [7, 11) is 0. The molecule has 3 aromatic rings. The van der Waals surface area contributed by atoms with Crippen molar-refractivity contribution < 1.29 is 22.7 Å². The summed E-state index contributed by atoms with van der Waals surface area (Å²) < 4.78 is 47.7. The fourth-order valence-electron chi connectivity index (χ4n) is 2.97. The fraction of sp³-hybridized carbons (Fsp3) is 0.167. The molecule has 0 saturated heterocycles. The third-order valence-electron chi connectivity index (χ3n) is 4.66. The summed E-state index contributed by atoms with van der Waals surface area (Å²) in [6.45, 7) is 2.09. The minimum Gasteiger partial charge on any atom is -0.423 e. The van der Waals surface area contributed by atoms with E-state index in [4.69, 9.17) is 10.00 Å². The Morgan fingerprint density at radius 1 is 1.00 bits per heavy atom. The van der Waals surface area contributed by atoms with Crippen molar-refractivity contribution in [3.05, 3.63) is 88.7 Å². The molecule has 0 unspecified atom stereocenters. The van der Waals surface area contributed by atoms with Gasteiger partial charge in [-0.2, -0.15) is 5.26 Å². The largest absolute Gasteiger partial charge is 0.423 e. The molecule has 0 fully saturated rings. The standard InChI is InChI=1S/C24H18F3NO2/c1-2-3-4-15-5-7-16(8-6-15)19-11-12-20(23(27)22(19)26)24(29)30-18-10-9-17(14-28)21(25)13-18/h5-13H,2-4H2,1H3. The van der Waals surface area contributed by atoms with Crippen LogP contribution in [0.3, 0.4) is 0 Å². The highest BCUT2D eigenvalue weighted by atomic mass is 19.2. The van der Waals surface area contributed by atoms with Gasteiger partial charge in [-0.1, -0.05) is 43.7 Å². The van der Waals surface area contributed by atoms with Crippen LogP contribution in [-0.2, 0) is 6.42 Å². The molecule has 0 bridgehead atoms. The van der Waals surface area contributed by atoms with E-state index in [0.717, 1.165) is 43.0 Å². The Balaban J connectivity index is 1.83. The van der Waals surface area contributed by atoms with Crippen molar-refractivity contribution in [2.24, 2.45) is 0 Å². The second-order valence-electron chi connectivity index (χ2n) is 6.73. The molecule has 0 radical (unpaired) electrons. The summed E-state index contributed by atoms with van der Waals surface area (Å²) >= 11 is 0. The van der Waals surface area contributed by atoms with Gasteiger partial charge in [0.05, 0.1) is 11.1 Å². The number of nitriles is 1. The minimum absolute atomic E-state index is 0.0236. The average Bonchev–Trinajstić information content (AvgIpc) is 2.74.